The quantitative estimate of drug-likeness (QED) is 0.468. The van der Waals surface area contributed by atoms with Crippen molar-refractivity contribution in [2.45, 2.75) is 31.5 Å². The fraction of sp³-hybridized carbons (Fsp3) is 0.316. The van der Waals surface area contributed by atoms with Crippen LogP contribution in [0.3, 0.4) is 0 Å². The van der Waals surface area contributed by atoms with E-state index in [2.05, 4.69) is 10.2 Å². The molecule has 1 aromatic carbocycles. The highest BCUT2D eigenvalue weighted by Crippen LogP contribution is 2.32. The SMILES string of the molecule is COc1ccccc1-n1c(SCC(=O)OC(C)(C)C)nnc1-c1ccco1. The third-order valence-corrected chi connectivity index (χ3v) is 4.34. The van der Waals surface area contributed by atoms with Gasteiger partial charge < -0.3 is 13.9 Å². The Kier molecular flexibility index (Phi) is 5.55. The molecule has 0 amide bonds. The van der Waals surface area contributed by atoms with E-state index in [0.29, 0.717) is 22.5 Å². The van der Waals surface area contributed by atoms with Crippen LogP contribution in [-0.2, 0) is 9.53 Å². The molecule has 0 atom stereocenters. The van der Waals surface area contributed by atoms with Gasteiger partial charge in [0.25, 0.3) is 0 Å². The van der Waals surface area contributed by atoms with Gasteiger partial charge in [0, 0.05) is 0 Å². The van der Waals surface area contributed by atoms with Gasteiger partial charge in [0.05, 0.1) is 24.8 Å². The minimum Gasteiger partial charge on any atom is -0.495 e. The highest BCUT2D eigenvalue weighted by Gasteiger charge is 2.22. The Morgan fingerprint density at radius 1 is 1.19 bits per heavy atom. The molecule has 3 rings (SSSR count). The molecule has 0 unspecified atom stereocenters. The number of nitrogens with zero attached hydrogens (tertiary/aromatic N) is 3. The maximum atomic E-state index is 12.1. The topological polar surface area (TPSA) is 79.4 Å². The molecule has 0 saturated carbocycles. The fourth-order valence-electron chi connectivity index (χ4n) is 2.45. The number of esters is 1. The van der Waals surface area contributed by atoms with E-state index in [-0.39, 0.29) is 11.7 Å². The molecule has 0 N–H and O–H groups in total. The highest BCUT2D eigenvalue weighted by atomic mass is 32.2. The second-order valence-corrected chi connectivity index (χ2v) is 7.61. The number of carbonyl (C=O) groups is 1. The van der Waals surface area contributed by atoms with E-state index < -0.39 is 5.60 Å². The molecular weight excluding hydrogens is 366 g/mol. The van der Waals surface area contributed by atoms with E-state index in [0.717, 1.165) is 5.69 Å². The van der Waals surface area contributed by atoms with Crippen LogP contribution < -0.4 is 4.74 Å². The summed E-state index contributed by atoms with van der Waals surface area (Å²) in [5, 5.41) is 9.04. The minimum absolute atomic E-state index is 0.114. The Hall–Kier alpha value is -2.74. The predicted octanol–water partition coefficient (Wildman–Crippen LogP) is 3.97. The van der Waals surface area contributed by atoms with Crippen molar-refractivity contribution in [1.29, 1.82) is 0 Å². The summed E-state index contributed by atoms with van der Waals surface area (Å²) in [6, 6.07) is 11.1. The van der Waals surface area contributed by atoms with Crippen molar-refractivity contribution in [2.24, 2.45) is 0 Å². The molecule has 0 spiro atoms. The van der Waals surface area contributed by atoms with Gasteiger partial charge in [-0.1, -0.05) is 23.9 Å². The van der Waals surface area contributed by atoms with E-state index in [4.69, 9.17) is 13.9 Å². The number of para-hydroxylation sites is 2. The van der Waals surface area contributed by atoms with Gasteiger partial charge in [0.1, 0.15) is 11.4 Å². The van der Waals surface area contributed by atoms with Gasteiger partial charge in [-0.2, -0.15) is 0 Å². The van der Waals surface area contributed by atoms with Crippen molar-refractivity contribution < 1.29 is 18.7 Å². The molecular formula is C19H21N3O4S. The first-order valence-corrected chi connectivity index (χ1v) is 9.35. The van der Waals surface area contributed by atoms with Crippen molar-refractivity contribution in [3.63, 3.8) is 0 Å². The van der Waals surface area contributed by atoms with Crippen molar-refractivity contribution >= 4 is 17.7 Å². The summed E-state index contributed by atoms with van der Waals surface area (Å²) in [5.41, 5.74) is 0.218. The van der Waals surface area contributed by atoms with Gasteiger partial charge in [-0.05, 0) is 45.0 Å². The zero-order valence-electron chi connectivity index (χ0n) is 15.6. The summed E-state index contributed by atoms with van der Waals surface area (Å²) in [6.07, 6.45) is 1.57. The monoisotopic (exact) mass is 387 g/mol. The van der Waals surface area contributed by atoms with E-state index in [1.54, 1.807) is 25.5 Å². The second-order valence-electron chi connectivity index (χ2n) is 6.67. The summed E-state index contributed by atoms with van der Waals surface area (Å²) < 4.78 is 18.2. The number of ether oxygens (including phenoxy) is 2. The number of aromatic nitrogens is 3. The van der Waals surface area contributed by atoms with Gasteiger partial charge in [-0.3, -0.25) is 9.36 Å². The lowest BCUT2D eigenvalue weighted by molar-refractivity contribution is -0.151. The zero-order chi connectivity index (χ0) is 19.4. The van der Waals surface area contributed by atoms with Crippen LogP contribution in [0.2, 0.25) is 0 Å². The predicted molar refractivity (Wildman–Crippen MR) is 102 cm³/mol. The first-order chi connectivity index (χ1) is 12.9. The van der Waals surface area contributed by atoms with E-state index in [9.17, 15) is 4.79 Å². The average Bonchev–Trinajstić information content (AvgIpc) is 3.27. The van der Waals surface area contributed by atoms with Crippen LogP contribution in [0.4, 0.5) is 0 Å². The van der Waals surface area contributed by atoms with Gasteiger partial charge in [-0.25, -0.2) is 0 Å². The van der Waals surface area contributed by atoms with E-state index >= 15 is 0 Å². The maximum absolute atomic E-state index is 12.1. The Bertz CT molecular complexity index is 913. The number of benzene rings is 1. The number of thioether (sulfide) groups is 1. The molecule has 3 aromatic rings. The van der Waals surface area contributed by atoms with Crippen LogP contribution in [-0.4, -0.2) is 39.2 Å². The average molecular weight is 387 g/mol. The molecule has 0 bridgehead atoms. The van der Waals surface area contributed by atoms with Gasteiger partial charge >= 0.3 is 5.97 Å². The summed E-state index contributed by atoms with van der Waals surface area (Å²) in [5.74, 6) is 1.54. The molecule has 0 aliphatic heterocycles. The molecule has 0 saturated heterocycles. The first-order valence-electron chi connectivity index (χ1n) is 8.36. The lowest BCUT2D eigenvalue weighted by Gasteiger charge is -2.19. The summed E-state index contributed by atoms with van der Waals surface area (Å²) >= 11 is 1.25. The largest absolute Gasteiger partial charge is 0.495 e. The van der Waals surface area contributed by atoms with Crippen molar-refractivity contribution in [3.05, 3.63) is 42.7 Å². The Labute approximate surface area is 161 Å². The molecule has 0 fully saturated rings. The number of hydrogen-bond acceptors (Lipinski definition) is 7. The number of furan rings is 1. The van der Waals surface area contributed by atoms with Gasteiger partial charge in [0.2, 0.25) is 5.82 Å². The standard InChI is InChI=1S/C19H21N3O4S/c1-19(2,3)26-16(23)12-27-18-21-20-17(15-10-7-11-25-15)22(18)13-8-5-6-9-14(13)24-4/h5-11H,12H2,1-4H3. The molecule has 2 heterocycles. The normalized spacial score (nSPS) is 11.4. The number of carbonyl (C=O) groups excluding carboxylic acids is 1. The molecule has 7 nitrogen and oxygen atoms in total. The summed E-state index contributed by atoms with van der Waals surface area (Å²) in [7, 11) is 1.60. The van der Waals surface area contributed by atoms with Crippen LogP contribution in [0.25, 0.3) is 17.3 Å². The molecule has 0 aliphatic rings. The van der Waals surface area contributed by atoms with Crippen molar-refractivity contribution in [2.75, 3.05) is 12.9 Å². The molecule has 2 aromatic heterocycles. The highest BCUT2D eigenvalue weighted by molar-refractivity contribution is 7.99. The van der Waals surface area contributed by atoms with Gasteiger partial charge in [-0.15, -0.1) is 10.2 Å². The minimum atomic E-state index is -0.534. The Morgan fingerprint density at radius 2 is 1.96 bits per heavy atom. The summed E-state index contributed by atoms with van der Waals surface area (Å²) in [6.45, 7) is 5.51. The first kappa shape index (κ1) is 19.0. The number of methoxy groups -OCH3 is 1. The summed E-state index contributed by atoms with van der Waals surface area (Å²) in [4.78, 5) is 12.1. The maximum Gasteiger partial charge on any atom is 0.316 e. The molecule has 8 heteroatoms. The van der Waals surface area contributed by atoms with Crippen molar-refractivity contribution in [1.82, 2.24) is 14.8 Å². The second kappa shape index (κ2) is 7.87. The number of rotatable bonds is 6. The number of hydrogen-bond donors (Lipinski definition) is 0. The third-order valence-electron chi connectivity index (χ3n) is 3.44. The molecule has 142 valence electrons. The van der Waals surface area contributed by atoms with Gasteiger partial charge in [0.15, 0.2) is 10.9 Å². The van der Waals surface area contributed by atoms with Crippen LogP contribution >= 0.6 is 11.8 Å². The van der Waals surface area contributed by atoms with E-state index in [1.165, 1.54) is 11.8 Å². The molecule has 0 aliphatic carbocycles. The zero-order valence-corrected chi connectivity index (χ0v) is 16.4. The van der Waals surface area contributed by atoms with Crippen LogP contribution in [0, 0.1) is 0 Å². The third kappa shape index (κ3) is 4.51. The van der Waals surface area contributed by atoms with Crippen LogP contribution in [0.5, 0.6) is 5.75 Å². The molecule has 0 radical (unpaired) electrons. The Balaban J connectivity index is 1.96. The lowest BCUT2D eigenvalue weighted by atomic mass is 10.2. The van der Waals surface area contributed by atoms with Crippen LogP contribution in [0.1, 0.15) is 20.8 Å². The fourth-order valence-corrected chi connectivity index (χ4v) is 3.17. The lowest BCUT2D eigenvalue weighted by Crippen LogP contribution is -2.25. The van der Waals surface area contributed by atoms with Crippen molar-refractivity contribution in [3.8, 4) is 23.0 Å². The smallest absolute Gasteiger partial charge is 0.316 e. The van der Waals surface area contributed by atoms with E-state index in [1.807, 2.05) is 49.6 Å². The van der Waals surface area contributed by atoms with Crippen LogP contribution in [0.15, 0.2) is 52.2 Å². The Morgan fingerprint density at radius 3 is 2.63 bits per heavy atom. The molecule has 27 heavy (non-hydrogen) atoms.